The summed E-state index contributed by atoms with van der Waals surface area (Å²) in [6, 6.07) is 8.84. The Bertz CT molecular complexity index is 1080. The van der Waals surface area contributed by atoms with E-state index in [0.29, 0.717) is 17.8 Å². The van der Waals surface area contributed by atoms with E-state index >= 15 is 0 Å². The lowest BCUT2D eigenvalue weighted by molar-refractivity contribution is -0.126. The van der Waals surface area contributed by atoms with E-state index in [4.69, 9.17) is 9.21 Å². The van der Waals surface area contributed by atoms with Crippen molar-refractivity contribution in [3.63, 3.8) is 0 Å². The van der Waals surface area contributed by atoms with E-state index in [9.17, 15) is 9.59 Å². The second kappa shape index (κ2) is 25.6. The van der Waals surface area contributed by atoms with Gasteiger partial charge in [-0.05, 0) is 86.9 Å². The second-order valence-corrected chi connectivity index (χ2v) is 10.5. The van der Waals surface area contributed by atoms with Crippen molar-refractivity contribution < 1.29 is 18.7 Å². The van der Waals surface area contributed by atoms with Crippen molar-refractivity contribution in [2.75, 3.05) is 14.2 Å². The molecule has 1 aromatic heterocycles. The second-order valence-electron chi connectivity index (χ2n) is 10.5. The first-order chi connectivity index (χ1) is 20.1. The normalized spacial score (nSPS) is 10.9. The van der Waals surface area contributed by atoms with E-state index in [2.05, 4.69) is 49.0 Å². The van der Waals surface area contributed by atoms with Crippen LogP contribution in [-0.2, 0) is 22.4 Å². The van der Waals surface area contributed by atoms with Crippen molar-refractivity contribution in [2.45, 2.75) is 120 Å². The molecule has 0 fully saturated rings. The molecule has 0 aliphatic heterocycles. The molecular formula is C36H59NO5. The lowest BCUT2D eigenvalue weighted by atomic mass is 9.96. The predicted molar refractivity (Wildman–Crippen MR) is 178 cm³/mol. The third-order valence-electron chi connectivity index (χ3n) is 6.60. The minimum absolute atomic E-state index is 0.140. The molecule has 1 N–H and O–H groups in total. The van der Waals surface area contributed by atoms with Gasteiger partial charge in [-0.2, -0.15) is 0 Å². The van der Waals surface area contributed by atoms with Crippen LogP contribution in [0.25, 0.3) is 0 Å². The molecule has 42 heavy (non-hydrogen) atoms. The van der Waals surface area contributed by atoms with Gasteiger partial charge < -0.3 is 14.5 Å². The molecule has 0 saturated carbocycles. The van der Waals surface area contributed by atoms with E-state index in [0.717, 1.165) is 12.8 Å². The number of Topliss-reactive ketones (excluding diaryl/α,β-unsaturated/α-hetero) is 1. The SMILES string of the molecule is CC.CCCCc1ccc(CCCC)c(C)c1.CN/C=C/CCC(C)c1cc(C)c(C(=O)C(C)C)c(=O)o1.COC=O. The highest BCUT2D eigenvalue weighted by Crippen LogP contribution is 2.22. The maximum atomic E-state index is 12.1. The molecule has 0 aliphatic rings. The summed E-state index contributed by atoms with van der Waals surface area (Å²) in [7, 11) is 3.17. The van der Waals surface area contributed by atoms with E-state index in [1.54, 1.807) is 20.8 Å². The zero-order chi connectivity index (χ0) is 32.5. The number of hydrogen-bond acceptors (Lipinski definition) is 6. The number of unbranched alkanes of at least 4 members (excludes halogenated alkanes) is 2. The fourth-order valence-corrected chi connectivity index (χ4v) is 4.09. The molecule has 0 saturated heterocycles. The Hall–Kier alpha value is -3.15. The average molecular weight is 586 g/mol. The fourth-order valence-electron chi connectivity index (χ4n) is 4.09. The Morgan fingerprint density at radius 2 is 1.60 bits per heavy atom. The van der Waals surface area contributed by atoms with Crippen LogP contribution in [0.3, 0.4) is 0 Å². The van der Waals surface area contributed by atoms with Gasteiger partial charge in [-0.1, -0.05) is 85.6 Å². The third-order valence-corrected chi connectivity index (χ3v) is 6.60. The van der Waals surface area contributed by atoms with Gasteiger partial charge in [-0.15, -0.1) is 0 Å². The van der Waals surface area contributed by atoms with Crippen LogP contribution in [0.2, 0.25) is 0 Å². The Kier molecular flexibility index (Phi) is 24.9. The monoisotopic (exact) mass is 585 g/mol. The summed E-state index contributed by atoms with van der Waals surface area (Å²) in [4.78, 5) is 33.1. The number of carbonyl (C=O) groups is 2. The maximum Gasteiger partial charge on any atom is 0.347 e. The third kappa shape index (κ3) is 17.0. The summed E-state index contributed by atoms with van der Waals surface area (Å²) in [5.41, 5.74) is 4.92. The van der Waals surface area contributed by atoms with Crippen LogP contribution in [0, 0.1) is 19.8 Å². The molecule has 0 aliphatic carbocycles. The number of ketones is 1. The molecule has 2 rings (SSSR count). The highest BCUT2D eigenvalue weighted by molar-refractivity contribution is 5.98. The lowest BCUT2D eigenvalue weighted by Crippen LogP contribution is -2.21. The Morgan fingerprint density at radius 1 is 1.00 bits per heavy atom. The minimum atomic E-state index is -0.513. The first-order valence-electron chi connectivity index (χ1n) is 15.6. The van der Waals surface area contributed by atoms with E-state index in [1.807, 2.05) is 46.2 Å². The number of hydrogen-bond donors (Lipinski definition) is 1. The molecule has 6 heteroatoms. The number of nitrogens with one attached hydrogen (secondary N) is 1. The summed E-state index contributed by atoms with van der Waals surface area (Å²) in [5.74, 6) is 0.427. The molecule has 2 aromatic rings. The number of aryl methyl sites for hydroxylation is 4. The van der Waals surface area contributed by atoms with Crippen LogP contribution in [0.4, 0.5) is 0 Å². The van der Waals surface area contributed by atoms with Gasteiger partial charge in [-0.3, -0.25) is 9.59 Å². The van der Waals surface area contributed by atoms with E-state index in [-0.39, 0.29) is 23.2 Å². The first kappa shape index (κ1) is 41.0. The summed E-state index contributed by atoms with van der Waals surface area (Å²) >= 11 is 0. The average Bonchev–Trinajstić information content (AvgIpc) is 2.98. The quantitative estimate of drug-likeness (QED) is 0.176. The first-order valence-corrected chi connectivity index (χ1v) is 15.6. The Morgan fingerprint density at radius 3 is 2.07 bits per heavy atom. The molecule has 0 spiro atoms. The van der Waals surface area contributed by atoms with Crippen molar-refractivity contribution in [1.29, 1.82) is 0 Å². The zero-order valence-electron chi connectivity index (χ0n) is 28.4. The summed E-state index contributed by atoms with van der Waals surface area (Å²) in [5, 5.41) is 2.94. The van der Waals surface area contributed by atoms with Crippen molar-refractivity contribution in [2.24, 2.45) is 5.92 Å². The molecule has 0 radical (unpaired) electrons. The molecular weight excluding hydrogens is 526 g/mol. The Balaban J connectivity index is 0. The Labute approximate surface area is 256 Å². The van der Waals surface area contributed by atoms with Crippen LogP contribution in [0.15, 0.2) is 45.8 Å². The van der Waals surface area contributed by atoms with Gasteiger partial charge in [0.25, 0.3) is 6.47 Å². The number of ether oxygens (including phenoxy) is 1. The van der Waals surface area contributed by atoms with Crippen molar-refractivity contribution >= 4 is 12.3 Å². The van der Waals surface area contributed by atoms with Gasteiger partial charge in [0.2, 0.25) is 0 Å². The van der Waals surface area contributed by atoms with Gasteiger partial charge in [-0.25, -0.2) is 4.79 Å². The molecule has 1 atom stereocenters. The molecule has 0 amide bonds. The minimum Gasteiger partial charge on any atom is -0.471 e. The van der Waals surface area contributed by atoms with Crippen molar-refractivity contribution in [3.8, 4) is 0 Å². The van der Waals surface area contributed by atoms with Gasteiger partial charge in [0.05, 0.1) is 7.11 Å². The molecule has 6 nitrogen and oxygen atoms in total. The predicted octanol–water partition coefficient (Wildman–Crippen LogP) is 8.90. The number of carbonyl (C=O) groups excluding carboxylic acids is 2. The van der Waals surface area contributed by atoms with Crippen LogP contribution >= 0.6 is 0 Å². The number of methoxy groups -OCH3 is 1. The van der Waals surface area contributed by atoms with E-state index < -0.39 is 5.63 Å². The molecule has 1 unspecified atom stereocenters. The van der Waals surface area contributed by atoms with Crippen LogP contribution in [0.5, 0.6) is 0 Å². The van der Waals surface area contributed by atoms with E-state index in [1.165, 1.54) is 62.3 Å². The number of allylic oxidation sites excluding steroid dienone is 1. The van der Waals surface area contributed by atoms with Crippen LogP contribution in [0.1, 0.15) is 131 Å². The molecule has 1 aromatic carbocycles. The molecule has 238 valence electrons. The van der Waals surface area contributed by atoms with Gasteiger partial charge in [0.1, 0.15) is 11.3 Å². The van der Waals surface area contributed by atoms with Gasteiger partial charge in [0, 0.05) is 18.9 Å². The van der Waals surface area contributed by atoms with Crippen molar-refractivity contribution in [1.82, 2.24) is 5.32 Å². The highest BCUT2D eigenvalue weighted by Gasteiger charge is 2.20. The smallest absolute Gasteiger partial charge is 0.347 e. The highest BCUT2D eigenvalue weighted by atomic mass is 16.5. The summed E-state index contributed by atoms with van der Waals surface area (Å²) < 4.78 is 9.22. The fraction of sp³-hybridized carbons (Fsp3) is 0.583. The molecule has 0 bridgehead atoms. The summed E-state index contributed by atoms with van der Waals surface area (Å²) in [6.07, 6.45) is 13.4. The standard InChI is InChI=1S/C17H25NO3.C15H24.C2H4O2.C2H6/c1-11(2)16(19)15-13(4)10-14(21-17(15)20)12(3)8-6-7-9-18-5;1-4-6-8-14-10-11-15(9-7-5-2)13(3)12-14;1-4-2-3;1-2/h7,9-12,18H,6,8H2,1-5H3;10-12H,4-9H2,1-3H3;2H,1H3;1-2H3/b9-7+;;;. The van der Waals surface area contributed by atoms with Gasteiger partial charge in [0.15, 0.2) is 5.78 Å². The number of benzene rings is 1. The summed E-state index contributed by atoms with van der Waals surface area (Å²) in [6.45, 7) is 18.5. The largest absolute Gasteiger partial charge is 0.471 e. The number of rotatable bonds is 14. The molecule has 1 heterocycles. The van der Waals surface area contributed by atoms with Crippen LogP contribution in [-0.4, -0.2) is 26.4 Å². The topological polar surface area (TPSA) is 85.6 Å². The van der Waals surface area contributed by atoms with Gasteiger partial charge >= 0.3 is 5.63 Å². The van der Waals surface area contributed by atoms with Crippen LogP contribution < -0.4 is 10.9 Å². The zero-order valence-corrected chi connectivity index (χ0v) is 28.4. The lowest BCUT2D eigenvalue weighted by Gasteiger charge is -2.12. The van der Waals surface area contributed by atoms with Crippen molar-refractivity contribution in [3.05, 3.63) is 80.5 Å². The maximum absolute atomic E-state index is 12.1.